The van der Waals surface area contributed by atoms with Crippen LogP contribution in [0.5, 0.6) is 0 Å². The third kappa shape index (κ3) is 6.26. The molecule has 1 unspecified atom stereocenters. The van der Waals surface area contributed by atoms with Crippen molar-refractivity contribution in [3.8, 4) is 0 Å². The van der Waals surface area contributed by atoms with Gasteiger partial charge in [0, 0.05) is 13.3 Å². The van der Waals surface area contributed by atoms with E-state index in [0.717, 1.165) is 0 Å². The van der Waals surface area contributed by atoms with Crippen LogP contribution in [0.1, 0.15) is 26.6 Å². The number of carbonyl (C=O) groups is 1. The maximum Gasteiger partial charge on any atom is 0.413 e. The quantitative estimate of drug-likeness (QED) is 0.817. The lowest BCUT2D eigenvalue weighted by Gasteiger charge is -2.19. The van der Waals surface area contributed by atoms with E-state index in [4.69, 9.17) is 4.74 Å². The van der Waals surface area contributed by atoms with Crippen molar-refractivity contribution in [1.29, 1.82) is 0 Å². The highest BCUT2D eigenvalue weighted by molar-refractivity contribution is 5.83. The molecule has 110 valence electrons. The van der Waals surface area contributed by atoms with Gasteiger partial charge in [0.1, 0.15) is 11.4 Å². The second-order valence-corrected chi connectivity index (χ2v) is 4.91. The van der Waals surface area contributed by atoms with Gasteiger partial charge < -0.3 is 14.6 Å². The fourth-order valence-electron chi connectivity index (χ4n) is 1.18. The summed E-state index contributed by atoms with van der Waals surface area (Å²) in [6.07, 6.45) is 2.73. The number of nitrogens with one attached hydrogen (secondary N) is 1. The lowest BCUT2D eigenvalue weighted by atomic mass is 10.2. The molecule has 1 heterocycles. The zero-order chi connectivity index (χ0) is 15.2. The maximum atomic E-state index is 11.6. The molecule has 0 fully saturated rings. The number of nitrogens with zero attached hydrogens (tertiary/aromatic N) is 2. The van der Waals surface area contributed by atoms with Crippen molar-refractivity contribution in [2.24, 2.45) is 0 Å². The number of aliphatic hydroxyl groups excluding tert-OH is 1. The van der Waals surface area contributed by atoms with Crippen molar-refractivity contribution < 1.29 is 19.4 Å². The molecule has 1 aromatic rings. The molecule has 0 aliphatic carbocycles. The molecule has 1 atom stereocenters. The van der Waals surface area contributed by atoms with Crippen molar-refractivity contribution in [3.63, 3.8) is 0 Å². The first kappa shape index (κ1) is 16.1. The zero-order valence-electron chi connectivity index (χ0n) is 12.0. The van der Waals surface area contributed by atoms with E-state index in [-0.39, 0.29) is 0 Å². The summed E-state index contributed by atoms with van der Waals surface area (Å²) in [5.74, 6) is 0.635. The Morgan fingerprint density at radius 3 is 2.80 bits per heavy atom. The van der Waals surface area contributed by atoms with Gasteiger partial charge in [-0.15, -0.1) is 0 Å². The summed E-state index contributed by atoms with van der Waals surface area (Å²) < 4.78 is 9.75. The molecule has 0 aromatic carbocycles. The molecule has 1 aromatic heterocycles. The first-order valence-electron chi connectivity index (χ1n) is 6.02. The van der Waals surface area contributed by atoms with Gasteiger partial charge >= 0.3 is 6.09 Å². The summed E-state index contributed by atoms with van der Waals surface area (Å²) in [5.41, 5.74) is -0.581. The van der Waals surface area contributed by atoms with E-state index in [2.05, 4.69) is 20.0 Å². The second kappa shape index (κ2) is 6.97. The van der Waals surface area contributed by atoms with E-state index in [0.29, 0.717) is 11.6 Å². The number of rotatable bonds is 4. The summed E-state index contributed by atoms with van der Waals surface area (Å²) in [7, 11) is 1.37. The van der Waals surface area contributed by atoms with E-state index in [1.54, 1.807) is 20.8 Å². The summed E-state index contributed by atoms with van der Waals surface area (Å²) in [6.45, 7) is 5.31. The zero-order valence-corrected chi connectivity index (χ0v) is 12.0. The van der Waals surface area contributed by atoms with Crippen LogP contribution in [0.25, 0.3) is 6.08 Å². The third-order valence-corrected chi connectivity index (χ3v) is 1.95. The van der Waals surface area contributed by atoms with Gasteiger partial charge in [-0.25, -0.2) is 14.8 Å². The standard InChI is InChI=1S/C13H19N3O4/c1-13(2,3)20-12(18)16-10-7-8-14-9(15-10)5-6-11(17)19-4/h5-8,11,17H,1-4H3,(H,14,15,16,18)/b6-5+. The van der Waals surface area contributed by atoms with Crippen molar-refractivity contribution >= 4 is 18.0 Å². The Labute approximate surface area is 117 Å². The van der Waals surface area contributed by atoms with Crippen LogP contribution in [0.2, 0.25) is 0 Å². The van der Waals surface area contributed by atoms with E-state index in [1.807, 2.05) is 0 Å². The monoisotopic (exact) mass is 281 g/mol. The van der Waals surface area contributed by atoms with Crippen LogP contribution in [0, 0.1) is 0 Å². The summed E-state index contributed by atoms with van der Waals surface area (Å²) in [4.78, 5) is 19.6. The van der Waals surface area contributed by atoms with Gasteiger partial charge in [0.25, 0.3) is 0 Å². The van der Waals surface area contributed by atoms with Gasteiger partial charge in [0.2, 0.25) is 0 Å². The molecule has 0 saturated heterocycles. The maximum absolute atomic E-state index is 11.6. The number of ether oxygens (including phenoxy) is 2. The third-order valence-electron chi connectivity index (χ3n) is 1.95. The van der Waals surface area contributed by atoms with Gasteiger partial charge in [-0.1, -0.05) is 0 Å². The van der Waals surface area contributed by atoms with Crippen molar-refractivity contribution in [2.45, 2.75) is 32.7 Å². The highest BCUT2D eigenvalue weighted by Crippen LogP contribution is 2.10. The molecule has 20 heavy (non-hydrogen) atoms. The van der Waals surface area contributed by atoms with Gasteiger partial charge in [-0.2, -0.15) is 0 Å². The predicted molar refractivity (Wildman–Crippen MR) is 73.9 cm³/mol. The Morgan fingerprint density at radius 2 is 2.20 bits per heavy atom. The molecule has 7 heteroatoms. The molecular weight excluding hydrogens is 262 g/mol. The van der Waals surface area contributed by atoms with Crippen LogP contribution in [0.4, 0.5) is 10.6 Å². The Morgan fingerprint density at radius 1 is 1.50 bits per heavy atom. The van der Waals surface area contributed by atoms with E-state index in [9.17, 15) is 9.90 Å². The van der Waals surface area contributed by atoms with Crippen LogP contribution in [-0.4, -0.2) is 40.2 Å². The van der Waals surface area contributed by atoms with Gasteiger partial charge in [0.15, 0.2) is 12.1 Å². The normalized spacial score (nSPS) is 13.2. The Kier molecular flexibility index (Phi) is 5.60. The first-order valence-corrected chi connectivity index (χ1v) is 6.02. The van der Waals surface area contributed by atoms with Gasteiger partial charge in [-0.05, 0) is 39.0 Å². The number of anilines is 1. The van der Waals surface area contributed by atoms with Crippen molar-refractivity contribution in [1.82, 2.24) is 9.97 Å². The van der Waals surface area contributed by atoms with E-state index >= 15 is 0 Å². The topological polar surface area (TPSA) is 93.6 Å². The molecule has 1 rings (SSSR count). The number of aliphatic hydroxyl groups is 1. The molecule has 0 aliphatic rings. The predicted octanol–water partition coefficient (Wildman–Crippen LogP) is 1.80. The second-order valence-electron chi connectivity index (χ2n) is 4.91. The first-order chi connectivity index (χ1) is 9.30. The molecule has 0 saturated carbocycles. The molecule has 2 N–H and O–H groups in total. The summed E-state index contributed by atoms with van der Waals surface area (Å²) in [5, 5.41) is 11.7. The lowest BCUT2D eigenvalue weighted by molar-refractivity contribution is -0.0350. The minimum Gasteiger partial charge on any atom is -0.444 e. The van der Waals surface area contributed by atoms with Crippen LogP contribution >= 0.6 is 0 Å². The average molecular weight is 281 g/mol. The molecule has 7 nitrogen and oxygen atoms in total. The largest absolute Gasteiger partial charge is 0.444 e. The molecule has 0 aliphatic heterocycles. The summed E-state index contributed by atoms with van der Waals surface area (Å²) in [6, 6.07) is 1.54. The van der Waals surface area contributed by atoms with Crippen LogP contribution < -0.4 is 5.32 Å². The fraction of sp³-hybridized carbons (Fsp3) is 0.462. The number of hydrogen-bond acceptors (Lipinski definition) is 6. The molecule has 0 radical (unpaired) electrons. The number of methoxy groups -OCH3 is 1. The molecule has 0 bridgehead atoms. The van der Waals surface area contributed by atoms with Crippen LogP contribution in [-0.2, 0) is 9.47 Å². The SMILES string of the molecule is COC(O)/C=C/c1nccc(NC(=O)OC(C)(C)C)n1. The molecule has 1 amide bonds. The van der Waals surface area contributed by atoms with E-state index < -0.39 is 18.0 Å². The van der Waals surface area contributed by atoms with Crippen molar-refractivity contribution in [2.75, 3.05) is 12.4 Å². The van der Waals surface area contributed by atoms with E-state index in [1.165, 1.54) is 31.5 Å². The molecular formula is C13H19N3O4. The minimum absolute atomic E-state index is 0.306. The highest BCUT2D eigenvalue weighted by atomic mass is 16.6. The van der Waals surface area contributed by atoms with Crippen molar-refractivity contribution in [3.05, 3.63) is 24.2 Å². The highest BCUT2D eigenvalue weighted by Gasteiger charge is 2.16. The van der Waals surface area contributed by atoms with Gasteiger partial charge in [-0.3, -0.25) is 5.32 Å². The van der Waals surface area contributed by atoms with Crippen LogP contribution in [0.15, 0.2) is 18.3 Å². The van der Waals surface area contributed by atoms with Crippen LogP contribution in [0.3, 0.4) is 0 Å². The van der Waals surface area contributed by atoms with Gasteiger partial charge in [0.05, 0.1) is 0 Å². The Balaban J connectivity index is 2.69. The average Bonchev–Trinajstić information content (AvgIpc) is 2.34. The number of aromatic nitrogens is 2. The Hall–Kier alpha value is -1.99. The fourth-order valence-corrected chi connectivity index (χ4v) is 1.18. The lowest BCUT2D eigenvalue weighted by Crippen LogP contribution is -2.27. The smallest absolute Gasteiger partial charge is 0.413 e. The number of hydrogen-bond donors (Lipinski definition) is 2. The minimum atomic E-state index is -1.03. The number of carbonyl (C=O) groups excluding carboxylic acids is 1. The molecule has 0 spiro atoms. The number of amides is 1. The Bertz CT molecular complexity index is 483. The summed E-state index contributed by atoms with van der Waals surface area (Å²) >= 11 is 0.